The Kier molecular flexibility index (Phi) is 6.51. The molecule has 4 rings (SSSR count). The molecule has 1 aliphatic heterocycles. The lowest BCUT2D eigenvalue weighted by atomic mass is 10.1. The van der Waals surface area contributed by atoms with Gasteiger partial charge >= 0.3 is 0 Å². The van der Waals surface area contributed by atoms with Gasteiger partial charge in [-0.2, -0.15) is 0 Å². The van der Waals surface area contributed by atoms with Crippen molar-refractivity contribution in [1.29, 1.82) is 0 Å². The largest absolute Gasteiger partial charge is 0.486 e. The highest BCUT2D eigenvalue weighted by Crippen LogP contribution is 2.31. The monoisotopic (exact) mass is 428 g/mol. The van der Waals surface area contributed by atoms with Crippen LogP contribution in [0.1, 0.15) is 34.5 Å². The van der Waals surface area contributed by atoms with Gasteiger partial charge < -0.3 is 20.1 Å². The molecule has 1 aliphatic rings. The van der Waals surface area contributed by atoms with E-state index in [1.807, 2.05) is 55.5 Å². The average molecular weight is 428 g/mol. The fraction of sp³-hybridized carbons (Fsp3) is 0.154. The van der Waals surface area contributed by atoms with Gasteiger partial charge in [0.2, 0.25) is 5.91 Å². The molecule has 0 aromatic heterocycles. The number of ether oxygens (including phenoxy) is 2. The van der Waals surface area contributed by atoms with Gasteiger partial charge in [0.25, 0.3) is 5.91 Å². The van der Waals surface area contributed by atoms with Gasteiger partial charge in [-0.3, -0.25) is 9.59 Å². The molecule has 0 saturated carbocycles. The van der Waals surface area contributed by atoms with Crippen molar-refractivity contribution in [2.75, 3.05) is 18.5 Å². The fourth-order valence-electron chi connectivity index (χ4n) is 3.40. The summed E-state index contributed by atoms with van der Waals surface area (Å²) in [5, 5.41) is 5.77. The Balaban J connectivity index is 1.43. The third-order valence-electron chi connectivity index (χ3n) is 5.07. The minimum atomic E-state index is -0.337. The van der Waals surface area contributed by atoms with Crippen molar-refractivity contribution in [3.05, 3.63) is 95.6 Å². The Morgan fingerprint density at radius 1 is 0.906 bits per heavy atom. The molecular weight excluding hydrogens is 404 g/mol. The predicted molar refractivity (Wildman–Crippen MR) is 124 cm³/mol. The quantitative estimate of drug-likeness (QED) is 0.563. The molecule has 2 N–H and O–H groups in total. The molecular formula is C26H24N2O4. The first-order valence-corrected chi connectivity index (χ1v) is 10.4. The lowest BCUT2D eigenvalue weighted by Gasteiger charge is -2.18. The molecule has 6 heteroatoms. The zero-order chi connectivity index (χ0) is 22.3. The first-order chi connectivity index (χ1) is 15.6. The normalized spacial score (nSPS) is 13.4. The molecule has 0 aliphatic carbocycles. The molecule has 0 radical (unpaired) electrons. The maximum Gasteiger partial charge on any atom is 0.253 e. The second kappa shape index (κ2) is 9.83. The summed E-state index contributed by atoms with van der Waals surface area (Å²) in [7, 11) is 0. The summed E-state index contributed by atoms with van der Waals surface area (Å²) < 4.78 is 11.1. The van der Waals surface area contributed by atoms with E-state index < -0.39 is 0 Å². The number of fused-ring (bicyclic) bond motifs is 1. The average Bonchev–Trinajstić information content (AvgIpc) is 2.83. The zero-order valence-electron chi connectivity index (χ0n) is 17.7. The van der Waals surface area contributed by atoms with Crippen LogP contribution >= 0.6 is 0 Å². The molecule has 1 unspecified atom stereocenters. The number of hydrogen-bond acceptors (Lipinski definition) is 4. The van der Waals surface area contributed by atoms with Crippen LogP contribution in [0.15, 0.2) is 78.9 Å². The number of carbonyl (C=O) groups is 2. The van der Waals surface area contributed by atoms with Crippen LogP contribution in [0, 0.1) is 0 Å². The molecule has 1 heterocycles. The van der Waals surface area contributed by atoms with Crippen LogP contribution in [-0.4, -0.2) is 25.0 Å². The highest BCUT2D eigenvalue weighted by atomic mass is 16.6. The summed E-state index contributed by atoms with van der Waals surface area (Å²) >= 11 is 0. The van der Waals surface area contributed by atoms with Crippen LogP contribution in [0.5, 0.6) is 11.5 Å². The van der Waals surface area contributed by atoms with Gasteiger partial charge in [0.1, 0.15) is 13.2 Å². The maximum absolute atomic E-state index is 12.8. The van der Waals surface area contributed by atoms with Gasteiger partial charge in [0, 0.05) is 6.08 Å². The van der Waals surface area contributed by atoms with Gasteiger partial charge in [-0.25, -0.2) is 0 Å². The minimum Gasteiger partial charge on any atom is -0.486 e. The molecule has 0 spiro atoms. The number of benzene rings is 3. The van der Waals surface area contributed by atoms with Crippen LogP contribution < -0.4 is 20.1 Å². The van der Waals surface area contributed by atoms with E-state index >= 15 is 0 Å². The first kappa shape index (κ1) is 21.2. The van der Waals surface area contributed by atoms with Crippen LogP contribution in [-0.2, 0) is 4.79 Å². The Morgan fingerprint density at radius 2 is 1.62 bits per heavy atom. The van der Waals surface area contributed by atoms with E-state index in [1.165, 1.54) is 6.08 Å². The van der Waals surface area contributed by atoms with Crippen molar-refractivity contribution in [3.8, 4) is 11.5 Å². The molecule has 6 nitrogen and oxygen atoms in total. The standard InChI is InChI=1S/C26H24N2O4/c1-18(20-7-3-2-4-8-20)27-26(30)21-9-5-6-10-22(21)28-25(29)14-12-19-11-13-23-24(17-19)32-16-15-31-23/h2-14,17-18H,15-16H2,1H3,(H,27,30)(H,28,29)/b14-12+. The van der Waals surface area contributed by atoms with Crippen LogP contribution in [0.4, 0.5) is 5.69 Å². The molecule has 1 atom stereocenters. The number of nitrogens with one attached hydrogen (secondary N) is 2. The number of amides is 2. The van der Waals surface area contributed by atoms with E-state index in [1.54, 1.807) is 30.3 Å². The molecule has 0 bridgehead atoms. The molecule has 162 valence electrons. The van der Waals surface area contributed by atoms with Crippen molar-refractivity contribution >= 4 is 23.6 Å². The highest BCUT2D eigenvalue weighted by molar-refractivity contribution is 6.07. The first-order valence-electron chi connectivity index (χ1n) is 10.4. The van der Waals surface area contributed by atoms with Crippen LogP contribution in [0.3, 0.4) is 0 Å². The Morgan fingerprint density at radius 3 is 2.44 bits per heavy atom. The van der Waals surface area contributed by atoms with E-state index in [0.29, 0.717) is 36.0 Å². The summed E-state index contributed by atoms with van der Waals surface area (Å²) in [6.07, 6.45) is 3.11. The van der Waals surface area contributed by atoms with Crippen molar-refractivity contribution in [3.63, 3.8) is 0 Å². The SMILES string of the molecule is CC(NC(=O)c1ccccc1NC(=O)/C=C/c1ccc2c(c1)OCCO2)c1ccccc1. The smallest absolute Gasteiger partial charge is 0.253 e. The summed E-state index contributed by atoms with van der Waals surface area (Å²) in [5.74, 6) is 0.764. The van der Waals surface area contributed by atoms with Crippen LogP contribution in [0.2, 0.25) is 0 Å². The Hall–Kier alpha value is -4.06. The predicted octanol–water partition coefficient (Wildman–Crippen LogP) is 4.60. The molecule has 0 saturated heterocycles. The lowest BCUT2D eigenvalue weighted by molar-refractivity contribution is -0.111. The van der Waals surface area contributed by atoms with E-state index in [2.05, 4.69) is 10.6 Å². The number of hydrogen-bond donors (Lipinski definition) is 2. The summed E-state index contributed by atoms with van der Waals surface area (Å²) in [5.41, 5.74) is 2.66. The topological polar surface area (TPSA) is 76.7 Å². The number of carbonyl (C=O) groups excluding carboxylic acids is 2. The summed E-state index contributed by atoms with van der Waals surface area (Å²) in [4.78, 5) is 25.3. The Labute approximate surface area is 186 Å². The summed E-state index contributed by atoms with van der Waals surface area (Å²) in [6, 6.07) is 22.0. The number of para-hydroxylation sites is 1. The van der Waals surface area contributed by atoms with Crippen molar-refractivity contribution < 1.29 is 19.1 Å². The fourth-order valence-corrected chi connectivity index (χ4v) is 3.40. The highest BCUT2D eigenvalue weighted by Gasteiger charge is 2.15. The van der Waals surface area contributed by atoms with Crippen molar-refractivity contribution in [1.82, 2.24) is 5.32 Å². The van der Waals surface area contributed by atoms with Crippen molar-refractivity contribution in [2.24, 2.45) is 0 Å². The van der Waals surface area contributed by atoms with Crippen molar-refractivity contribution in [2.45, 2.75) is 13.0 Å². The second-order valence-corrected chi connectivity index (χ2v) is 7.38. The molecule has 0 fully saturated rings. The molecule has 3 aromatic rings. The third-order valence-corrected chi connectivity index (χ3v) is 5.07. The van der Waals surface area contributed by atoms with E-state index in [-0.39, 0.29) is 17.9 Å². The maximum atomic E-state index is 12.8. The lowest BCUT2D eigenvalue weighted by Crippen LogP contribution is -2.27. The molecule has 2 amide bonds. The molecule has 32 heavy (non-hydrogen) atoms. The van der Waals surface area contributed by atoms with Gasteiger partial charge in [0.05, 0.1) is 17.3 Å². The number of anilines is 1. The zero-order valence-corrected chi connectivity index (χ0v) is 17.7. The van der Waals surface area contributed by atoms with Gasteiger partial charge in [-0.1, -0.05) is 48.5 Å². The Bertz CT molecular complexity index is 1140. The van der Waals surface area contributed by atoms with Gasteiger partial charge in [0.15, 0.2) is 11.5 Å². The molecule has 3 aromatic carbocycles. The van der Waals surface area contributed by atoms with E-state index in [9.17, 15) is 9.59 Å². The minimum absolute atomic E-state index is 0.164. The van der Waals surface area contributed by atoms with Crippen LogP contribution in [0.25, 0.3) is 6.08 Å². The van der Waals surface area contributed by atoms with E-state index in [0.717, 1.165) is 11.1 Å². The third kappa shape index (κ3) is 5.16. The van der Waals surface area contributed by atoms with Gasteiger partial charge in [-0.05, 0) is 48.4 Å². The second-order valence-electron chi connectivity index (χ2n) is 7.38. The summed E-state index contributed by atoms with van der Waals surface area (Å²) in [6.45, 7) is 2.95. The van der Waals surface area contributed by atoms with Gasteiger partial charge in [-0.15, -0.1) is 0 Å². The number of rotatable bonds is 6. The van der Waals surface area contributed by atoms with E-state index in [4.69, 9.17) is 9.47 Å².